The van der Waals surface area contributed by atoms with Crippen molar-refractivity contribution in [2.24, 2.45) is 11.8 Å². The Kier molecular flexibility index (Phi) is 7.21. The van der Waals surface area contributed by atoms with Crippen molar-refractivity contribution >= 4 is 23.6 Å². The first-order valence-corrected chi connectivity index (χ1v) is 6.16. The number of rotatable bonds is 7. The molecule has 2 N–H and O–H groups in total. The quantitative estimate of drug-likeness (QED) is 0.693. The Balaban J connectivity index is 3.51. The number of carbonyl (C=O) groups excluding carboxylic acids is 1. The molecule has 0 aromatic heterocycles. The number of aliphatic carboxylic acids is 1. The molecule has 0 saturated carbocycles. The van der Waals surface area contributed by atoms with Crippen LogP contribution in [0.15, 0.2) is 0 Å². The molecule has 0 fully saturated rings. The molecule has 0 heterocycles. The van der Waals surface area contributed by atoms with E-state index >= 15 is 0 Å². The van der Waals surface area contributed by atoms with Gasteiger partial charge in [0.1, 0.15) is 0 Å². The van der Waals surface area contributed by atoms with Gasteiger partial charge in [-0.25, -0.2) is 0 Å². The second-order valence-corrected chi connectivity index (χ2v) is 4.98. The number of thioether (sulfide) groups is 1. The Morgan fingerprint density at radius 2 is 1.93 bits per heavy atom. The number of carboxylic acids is 1. The summed E-state index contributed by atoms with van der Waals surface area (Å²) in [6.45, 7) is 6.37. The minimum Gasteiger partial charge on any atom is -0.481 e. The molecule has 1 unspecified atom stereocenters. The van der Waals surface area contributed by atoms with E-state index in [1.54, 1.807) is 6.92 Å². The summed E-state index contributed by atoms with van der Waals surface area (Å²) in [5.74, 6) is 0.0237. The third-order valence-corrected chi connectivity index (χ3v) is 2.93. The van der Waals surface area contributed by atoms with Gasteiger partial charge in [-0.2, -0.15) is 11.8 Å². The third kappa shape index (κ3) is 8.30. The van der Waals surface area contributed by atoms with Crippen molar-refractivity contribution < 1.29 is 14.7 Å². The monoisotopic (exact) mass is 233 g/mol. The van der Waals surface area contributed by atoms with Gasteiger partial charge in [-0.1, -0.05) is 20.8 Å². The first-order valence-electron chi connectivity index (χ1n) is 5.00. The maximum atomic E-state index is 11.2. The van der Waals surface area contributed by atoms with Gasteiger partial charge in [0.25, 0.3) is 0 Å². The van der Waals surface area contributed by atoms with Gasteiger partial charge in [0.2, 0.25) is 5.91 Å². The van der Waals surface area contributed by atoms with Gasteiger partial charge in [0.15, 0.2) is 0 Å². The SMILES string of the molecule is CC(C)CNC(=O)CSCC(C)C(=O)O. The molecule has 0 rings (SSSR count). The lowest BCUT2D eigenvalue weighted by atomic mass is 10.2. The Hall–Kier alpha value is -0.710. The molecule has 1 amide bonds. The Morgan fingerprint density at radius 3 is 2.40 bits per heavy atom. The zero-order chi connectivity index (χ0) is 11.8. The van der Waals surface area contributed by atoms with E-state index in [1.165, 1.54) is 11.8 Å². The van der Waals surface area contributed by atoms with Crippen LogP contribution < -0.4 is 5.32 Å². The number of carbonyl (C=O) groups is 2. The Labute approximate surface area is 94.8 Å². The lowest BCUT2D eigenvalue weighted by molar-refractivity contribution is -0.140. The fourth-order valence-electron chi connectivity index (χ4n) is 0.769. The predicted octanol–water partition coefficient (Wildman–Crippen LogP) is 1.21. The molecular formula is C10H19NO3S. The summed E-state index contributed by atoms with van der Waals surface area (Å²) in [7, 11) is 0. The highest BCUT2D eigenvalue weighted by molar-refractivity contribution is 7.99. The average Bonchev–Trinajstić information content (AvgIpc) is 2.14. The van der Waals surface area contributed by atoms with Crippen molar-refractivity contribution in [1.82, 2.24) is 5.32 Å². The molecule has 0 aliphatic heterocycles. The van der Waals surface area contributed by atoms with Crippen molar-refractivity contribution in [3.05, 3.63) is 0 Å². The van der Waals surface area contributed by atoms with E-state index in [0.29, 0.717) is 24.0 Å². The highest BCUT2D eigenvalue weighted by Crippen LogP contribution is 2.07. The molecule has 88 valence electrons. The normalized spacial score (nSPS) is 12.5. The molecule has 0 aliphatic rings. The highest BCUT2D eigenvalue weighted by atomic mass is 32.2. The van der Waals surface area contributed by atoms with Crippen LogP contribution in [-0.4, -0.2) is 35.0 Å². The van der Waals surface area contributed by atoms with Gasteiger partial charge in [-0.05, 0) is 5.92 Å². The summed E-state index contributed by atoms with van der Waals surface area (Å²) in [6.07, 6.45) is 0. The average molecular weight is 233 g/mol. The van der Waals surface area contributed by atoms with E-state index in [-0.39, 0.29) is 5.91 Å². The van der Waals surface area contributed by atoms with Gasteiger partial charge in [-0.15, -0.1) is 0 Å². The molecule has 0 aromatic carbocycles. The maximum Gasteiger partial charge on any atom is 0.307 e. The van der Waals surface area contributed by atoms with Gasteiger partial charge in [0, 0.05) is 12.3 Å². The summed E-state index contributed by atoms with van der Waals surface area (Å²) >= 11 is 1.36. The summed E-state index contributed by atoms with van der Waals surface area (Å²) in [4.78, 5) is 21.7. The molecule has 1 atom stereocenters. The minimum atomic E-state index is -0.815. The zero-order valence-corrected chi connectivity index (χ0v) is 10.3. The second kappa shape index (κ2) is 7.56. The number of hydrogen-bond donors (Lipinski definition) is 2. The number of nitrogens with one attached hydrogen (secondary N) is 1. The first-order chi connectivity index (χ1) is 6.93. The van der Waals surface area contributed by atoms with E-state index in [9.17, 15) is 9.59 Å². The van der Waals surface area contributed by atoms with E-state index in [0.717, 1.165) is 0 Å². The summed E-state index contributed by atoms with van der Waals surface area (Å²) < 4.78 is 0. The van der Waals surface area contributed by atoms with Gasteiger partial charge < -0.3 is 10.4 Å². The van der Waals surface area contributed by atoms with Crippen LogP contribution in [0.4, 0.5) is 0 Å². The molecular weight excluding hydrogens is 214 g/mol. The Morgan fingerprint density at radius 1 is 1.33 bits per heavy atom. The van der Waals surface area contributed by atoms with E-state index in [2.05, 4.69) is 5.32 Å². The fourth-order valence-corrected chi connectivity index (χ4v) is 1.67. The number of hydrogen-bond acceptors (Lipinski definition) is 3. The summed E-state index contributed by atoms with van der Waals surface area (Å²) in [6, 6.07) is 0. The lowest BCUT2D eigenvalue weighted by Crippen LogP contribution is -2.29. The molecule has 0 aromatic rings. The lowest BCUT2D eigenvalue weighted by Gasteiger charge is -2.08. The van der Waals surface area contributed by atoms with Crippen LogP contribution >= 0.6 is 11.8 Å². The highest BCUT2D eigenvalue weighted by Gasteiger charge is 2.11. The molecule has 4 nitrogen and oxygen atoms in total. The predicted molar refractivity (Wildman–Crippen MR) is 62.0 cm³/mol. The maximum absolute atomic E-state index is 11.2. The largest absolute Gasteiger partial charge is 0.481 e. The molecule has 0 aliphatic carbocycles. The number of amides is 1. The van der Waals surface area contributed by atoms with Crippen LogP contribution in [0.25, 0.3) is 0 Å². The fraction of sp³-hybridized carbons (Fsp3) is 0.800. The van der Waals surface area contributed by atoms with Crippen LogP contribution in [-0.2, 0) is 9.59 Å². The Bertz CT molecular complexity index is 219. The van der Waals surface area contributed by atoms with Gasteiger partial charge in [-0.3, -0.25) is 9.59 Å². The van der Waals surface area contributed by atoms with Crippen molar-refractivity contribution in [1.29, 1.82) is 0 Å². The minimum absolute atomic E-state index is 0.0220. The van der Waals surface area contributed by atoms with Crippen molar-refractivity contribution in [2.45, 2.75) is 20.8 Å². The number of carboxylic acid groups (broad SMARTS) is 1. The van der Waals surface area contributed by atoms with Gasteiger partial charge >= 0.3 is 5.97 Å². The van der Waals surface area contributed by atoms with Gasteiger partial charge in [0.05, 0.1) is 11.7 Å². The second-order valence-electron chi connectivity index (χ2n) is 3.95. The zero-order valence-electron chi connectivity index (χ0n) is 9.45. The van der Waals surface area contributed by atoms with E-state index in [1.807, 2.05) is 13.8 Å². The van der Waals surface area contributed by atoms with Crippen molar-refractivity contribution in [3.8, 4) is 0 Å². The van der Waals surface area contributed by atoms with Crippen LogP contribution in [0.2, 0.25) is 0 Å². The standard InChI is InChI=1S/C10H19NO3S/c1-7(2)4-11-9(12)6-15-5-8(3)10(13)14/h7-8H,4-6H2,1-3H3,(H,11,12)(H,13,14). The topological polar surface area (TPSA) is 66.4 Å². The third-order valence-electron chi connectivity index (χ3n) is 1.73. The van der Waals surface area contributed by atoms with E-state index < -0.39 is 11.9 Å². The first kappa shape index (κ1) is 14.3. The van der Waals surface area contributed by atoms with Crippen LogP contribution in [0.1, 0.15) is 20.8 Å². The van der Waals surface area contributed by atoms with Crippen molar-refractivity contribution in [3.63, 3.8) is 0 Å². The van der Waals surface area contributed by atoms with Crippen molar-refractivity contribution in [2.75, 3.05) is 18.1 Å². The molecule has 0 saturated heterocycles. The molecule has 0 radical (unpaired) electrons. The van der Waals surface area contributed by atoms with E-state index in [4.69, 9.17) is 5.11 Å². The van der Waals surface area contributed by atoms with Crippen LogP contribution in [0.3, 0.4) is 0 Å². The molecule has 0 bridgehead atoms. The summed E-state index contributed by atoms with van der Waals surface area (Å²) in [5, 5.41) is 11.4. The summed E-state index contributed by atoms with van der Waals surface area (Å²) in [5.41, 5.74) is 0. The molecule has 15 heavy (non-hydrogen) atoms. The molecule has 0 spiro atoms. The van der Waals surface area contributed by atoms with Crippen LogP contribution in [0.5, 0.6) is 0 Å². The molecule has 5 heteroatoms. The van der Waals surface area contributed by atoms with Crippen LogP contribution in [0, 0.1) is 11.8 Å². The smallest absolute Gasteiger partial charge is 0.307 e.